The molecule has 3 nitrogen and oxygen atoms in total. The van der Waals surface area contributed by atoms with Gasteiger partial charge in [-0.15, -0.1) is 0 Å². The van der Waals surface area contributed by atoms with Crippen LogP contribution in [0, 0.1) is 11.8 Å². The number of hydrogen-bond donors (Lipinski definition) is 0. The molecule has 15 heavy (non-hydrogen) atoms. The summed E-state index contributed by atoms with van der Waals surface area (Å²) in [5.74, 6) is 1.79. The van der Waals surface area contributed by atoms with Gasteiger partial charge in [-0.3, -0.25) is 0 Å². The summed E-state index contributed by atoms with van der Waals surface area (Å²) in [7, 11) is -2.87. The van der Waals surface area contributed by atoms with E-state index < -0.39 is 9.84 Å². The van der Waals surface area contributed by atoms with E-state index in [2.05, 4.69) is 22.9 Å². The Bertz CT molecular complexity index is 324. The first kappa shape index (κ1) is 11.9. The molecule has 0 aromatic rings. The second-order valence-electron chi connectivity index (χ2n) is 4.78. The molecular formula is C10H17BrO3S. The lowest BCUT2D eigenvalue weighted by molar-refractivity contribution is 0.0475. The number of ether oxygens (including phenoxy) is 1. The standard InChI is InChI=1S/C10H17BrO3S/c1-7(8-2-3-8)4-14-10-6-15(12,13)5-9(10)11/h7-10H,2-6H2,1H3. The fraction of sp³-hybridized carbons (Fsp3) is 1.00. The number of alkyl halides is 1. The maximum atomic E-state index is 11.3. The predicted molar refractivity (Wildman–Crippen MR) is 63.0 cm³/mol. The van der Waals surface area contributed by atoms with Gasteiger partial charge in [0.05, 0.1) is 22.4 Å². The monoisotopic (exact) mass is 296 g/mol. The van der Waals surface area contributed by atoms with Crippen molar-refractivity contribution in [1.29, 1.82) is 0 Å². The van der Waals surface area contributed by atoms with Crippen LogP contribution in [0.25, 0.3) is 0 Å². The first-order chi connectivity index (χ1) is 6.98. The van der Waals surface area contributed by atoms with Gasteiger partial charge in [-0.05, 0) is 24.7 Å². The van der Waals surface area contributed by atoms with Gasteiger partial charge in [0.2, 0.25) is 0 Å². The molecule has 0 aromatic heterocycles. The van der Waals surface area contributed by atoms with Crippen LogP contribution < -0.4 is 0 Å². The van der Waals surface area contributed by atoms with E-state index in [1.807, 2.05) is 0 Å². The van der Waals surface area contributed by atoms with Gasteiger partial charge in [-0.1, -0.05) is 22.9 Å². The first-order valence-electron chi connectivity index (χ1n) is 5.44. The predicted octanol–water partition coefficient (Wildman–Crippen LogP) is 1.61. The number of rotatable bonds is 4. The van der Waals surface area contributed by atoms with Gasteiger partial charge in [0.25, 0.3) is 0 Å². The molecule has 3 atom stereocenters. The minimum atomic E-state index is -2.87. The molecule has 1 aliphatic carbocycles. The Morgan fingerprint density at radius 1 is 1.40 bits per heavy atom. The van der Waals surface area contributed by atoms with Crippen molar-refractivity contribution in [2.45, 2.75) is 30.7 Å². The Morgan fingerprint density at radius 3 is 2.53 bits per heavy atom. The lowest BCUT2D eigenvalue weighted by Crippen LogP contribution is -2.25. The second kappa shape index (κ2) is 4.34. The lowest BCUT2D eigenvalue weighted by Gasteiger charge is -2.17. The molecule has 5 heteroatoms. The van der Waals surface area contributed by atoms with E-state index in [0.717, 1.165) is 5.92 Å². The van der Waals surface area contributed by atoms with Crippen LogP contribution in [0.3, 0.4) is 0 Å². The highest BCUT2D eigenvalue weighted by Crippen LogP contribution is 2.37. The average molecular weight is 297 g/mol. The van der Waals surface area contributed by atoms with Crippen LogP contribution in [0.1, 0.15) is 19.8 Å². The molecule has 1 saturated heterocycles. The van der Waals surface area contributed by atoms with Gasteiger partial charge >= 0.3 is 0 Å². The van der Waals surface area contributed by atoms with Gasteiger partial charge in [0.15, 0.2) is 9.84 Å². The lowest BCUT2D eigenvalue weighted by atomic mass is 10.1. The molecular weight excluding hydrogens is 280 g/mol. The van der Waals surface area contributed by atoms with Gasteiger partial charge in [0.1, 0.15) is 0 Å². The van der Waals surface area contributed by atoms with E-state index >= 15 is 0 Å². The molecule has 0 spiro atoms. The summed E-state index contributed by atoms with van der Waals surface area (Å²) >= 11 is 3.38. The summed E-state index contributed by atoms with van der Waals surface area (Å²) in [6.45, 7) is 2.89. The van der Waals surface area contributed by atoms with E-state index in [0.29, 0.717) is 12.5 Å². The zero-order chi connectivity index (χ0) is 11.1. The zero-order valence-electron chi connectivity index (χ0n) is 8.86. The molecule has 1 saturated carbocycles. The van der Waals surface area contributed by atoms with Crippen molar-refractivity contribution in [1.82, 2.24) is 0 Å². The summed E-state index contributed by atoms with van der Waals surface area (Å²) in [5, 5.41) is 0. The molecule has 0 radical (unpaired) electrons. The molecule has 88 valence electrons. The highest BCUT2D eigenvalue weighted by Gasteiger charge is 2.37. The van der Waals surface area contributed by atoms with Crippen LogP contribution in [0.5, 0.6) is 0 Å². The topological polar surface area (TPSA) is 43.4 Å². The van der Waals surface area contributed by atoms with Crippen molar-refractivity contribution in [2.75, 3.05) is 18.1 Å². The van der Waals surface area contributed by atoms with Crippen LogP contribution in [0.2, 0.25) is 0 Å². The minimum absolute atomic E-state index is 0.0195. The van der Waals surface area contributed by atoms with E-state index in [1.54, 1.807) is 0 Å². The molecule has 2 rings (SSSR count). The summed E-state index contributed by atoms with van der Waals surface area (Å²) in [4.78, 5) is -0.0195. The second-order valence-corrected chi connectivity index (χ2v) is 8.11. The zero-order valence-corrected chi connectivity index (χ0v) is 11.3. The van der Waals surface area contributed by atoms with Crippen LogP contribution in [0.15, 0.2) is 0 Å². The number of halogens is 1. The van der Waals surface area contributed by atoms with E-state index in [1.165, 1.54) is 12.8 Å². The average Bonchev–Trinajstić information content (AvgIpc) is 2.90. The molecule has 2 fully saturated rings. The first-order valence-corrected chi connectivity index (χ1v) is 8.18. The van der Waals surface area contributed by atoms with Crippen LogP contribution in [0.4, 0.5) is 0 Å². The Hall–Kier alpha value is 0.390. The third-order valence-corrected chi connectivity index (χ3v) is 6.28. The highest BCUT2D eigenvalue weighted by atomic mass is 79.9. The molecule has 0 bridgehead atoms. The molecule has 1 aliphatic heterocycles. The SMILES string of the molecule is CC(COC1CS(=O)(=O)CC1Br)C1CC1. The van der Waals surface area contributed by atoms with E-state index in [9.17, 15) is 8.42 Å². The smallest absolute Gasteiger partial charge is 0.154 e. The molecule has 0 aromatic carbocycles. The van der Waals surface area contributed by atoms with E-state index in [4.69, 9.17) is 4.74 Å². The fourth-order valence-corrected chi connectivity index (χ4v) is 5.46. The molecule has 0 N–H and O–H groups in total. The summed E-state index contributed by atoms with van der Waals surface area (Å²) in [6, 6.07) is 0. The van der Waals surface area contributed by atoms with Crippen LogP contribution in [-0.4, -0.2) is 37.5 Å². The van der Waals surface area contributed by atoms with Gasteiger partial charge in [0, 0.05) is 6.61 Å². The van der Waals surface area contributed by atoms with Crippen molar-refractivity contribution < 1.29 is 13.2 Å². The number of hydrogen-bond acceptors (Lipinski definition) is 3. The third kappa shape index (κ3) is 3.17. The van der Waals surface area contributed by atoms with Crippen molar-refractivity contribution >= 4 is 25.8 Å². The quantitative estimate of drug-likeness (QED) is 0.740. The Balaban J connectivity index is 1.79. The largest absolute Gasteiger partial charge is 0.376 e. The third-order valence-electron chi connectivity index (χ3n) is 3.23. The van der Waals surface area contributed by atoms with Crippen molar-refractivity contribution in [3.8, 4) is 0 Å². The summed E-state index contributed by atoms with van der Waals surface area (Å²) in [5.41, 5.74) is 0. The van der Waals surface area contributed by atoms with Crippen LogP contribution >= 0.6 is 15.9 Å². The molecule has 1 heterocycles. The molecule has 0 amide bonds. The molecule has 2 aliphatic rings. The van der Waals surface area contributed by atoms with Crippen molar-refractivity contribution in [3.05, 3.63) is 0 Å². The maximum Gasteiger partial charge on any atom is 0.154 e. The number of sulfone groups is 1. The molecule has 3 unspecified atom stereocenters. The highest BCUT2D eigenvalue weighted by molar-refractivity contribution is 9.09. The van der Waals surface area contributed by atoms with E-state index in [-0.39, 0.29) is 22.4 Å². The van der Waals surface area contributed by atoms with Crippen LogP contribution in [-0.2, 0) is 14.6 Å². The van der Waals surface area contributed by atoms with Crippen molar-refractivity contribution in [2.24, 2.45) is 11.8 Å². The van der Waals surface area contributed by atoms with Gasteiger partial charge in [-0.2, -0.15) is 0 Å². The summed E-state index contributed by atoms with van der Waals surface area (Å²) < 4.78 is 28.4. The van der Waals surface area contributed by atoms with Crippen molar-refractivity contribution in [3.63, 3.8) is 0 Å². The summed E-state index contributed by atoms with van der Waals surface area (Å²) in [6.07, 6.45) is 2.48. The van der Waals surface area contributed by atoms with Gasteiger partial charge < -0.3 is 4.74 Å². The Morgan fingerprint density at radius 2 is 2.07 bits per heavy atom. The van der Waals surface area contributed by atoms with Gasteiger partial charge in [-0.25, -0.2) is 8.42 Å². The Labute approximate surface area is 99.6 Å². The normalized spacial score (nSPS) is 36.7. The Kier molecular flexibility index (Phi) is 3.43. The maximum absolute atomic E-state index is 11.3. The fourth-order valence-electron chi connectivity index (χ4n) is 2.00. The minimum Gasteiger partial charge on any atom is -0.376 e.